The van der Waals surface area contributed by atoms with Crippen molar-refractivity contribution in [2.24, 2.45) is 11.7 Å². The third-order valence-electron chi connectivity index (χ3n) is 3.24. The van der Waals surface area contributed by atoms with Crippen LogP contribution in [-0.4, -0.2) is 40.1 Å². The molecule has 1 aliphatic heterocycles. The van der Waals surface area contributed by atoms with Crippen molar-refractivity contribution in [1.82, 2.24) is 4.90 Å². The van der Waals surface area contributed by atoms with Gasteiger partial charge in [0, 0.05) is 18.6 Å². The van der Waals surface area contributed by atoms with E-state index in [0.29, 0.717) is 12.5 Å². The highest BCUT2D eigenvalue weighted by Crippen LogP contribution is 2.32. The highest BCUT2D eigenvalue weighted by molar-refractivity contribution is 5.78. The van der Waals surface area contributed by atoms with Gasteiger partial charge in [-0.2, -0.15) is 0 Å². The molecule has 0 bridgehead atoms. The quantitative estimate of drug-likeness (QED) is 0.733. The summed E-state index contributed by atoms with van der Waals surface area (Å²) < 4.78 is 0. The van der Waals surface area contributed by atoms with Gasteiger partial charge in [0.05, 0.1) is 0 Å². The van der Waals surface area contributed by atoms with Gasteiger partial charge >= 0.3 is 5.97 Å². The summed E-state index contributed by atoms with van der Waals surface area (Å²) in [5.74, 6) is -0.317. The molecule has 0 amide bonds. The molecular weight excluding hydrogens is 192 g/mol. The summed E-state index contributed by atoms with van der Waals surface area (Å²) in [5, 5.41) is 8.99. The van der Waals surface area contributed by atoms with Crippen LogP contribution in [0.15, 0.2) is 0 Å². The first kappa shape index (κ1) is 12.5. The van der Waals surface area contributed by atoms with Gasteiger partial charge < -0.3 is 10.8 Å². The van der Waals surface area contributed by atoms with E-state index in [9.17, 15) is 4.79 Å². The Kier molecular flexibility index (Phi) is 3.12. The lowest BCUT2D eigenvalue weighted by Crippen LogP contribution is -2.56. The molecule has 0 aliphatic carbocycles. The highest BCUT2D eigenvalue weighted by Gasteiger charge is 2.41. The van der Waals surface area contributed by atoms with Crippen LogP contribution in [-0.2, 0) is 4.79 Å². The van der Waals surface area contributed by atoms with E-state index in [1.54, 1.807) is 6.92 Å². The van der Waals surface area contributed by atoms with E-state index in [-0.39, 0.29) is 5.54 Å². The van der Waals surface area contributed by atoms with Crippen LogP contribution in [0.4, 0.5) is 0 Å². The molecule has 0 saturated carbocycles. The van der Waals surface area contributed by atoms with Gasteiger partial charge in [-0.3, -0.25) is 9.69 Å². The van der Waals surface area contributed by atoms with Gasteiger partial charge in [-0.05, 0) is 33.1 Å². The Bertz CT molecular complexity index is 261. The van der Waals surface area contributed by atoms with Gasteiger partial charge in [-0.1, -0.05) is 6.92 Å². The number of carboxylic acid groups (broad SMARTS) is 1. The van der Waals surface area contributed by atoms with Crippen molar-refractivity contribution in [2.45, 2.75) is 45.2 Å². The number of hydrogen-bond acceptors (Lipinski definition) is 3. The second kappa shape index (κ2) is 3.76. The number of carboxylic acids is 1. The Morgan fingerprint density at radius 2 is 2.20 bits per heavy atom. The minimum Gasteiger partial charge on any atom is -0.480 e. The Balaban J connectivity index is 2.70. The number of nitrogens with two attached hydrogens (primary N) is 1. The Morgan fingerprint density at radius 3 is 2.53 bits per heavy atom. The van der Waals surface area contributed by atoms with Crippen LogP contribution < -0.4 is 5.73 Å². The molecule has 1 aliphatic rings. The van der Waals surface area contributed by atoms with E-state index in [0.717, 1.165) is 13.0 Å². The van der Waals surface area contributed by atoms with E-state index in [2.05, 4.69) is 25.7 Å². The predicted molar refractivity (Wildman–Crippen MR) is 59.7 cm³/mol. The fourth-order valence-electron chi connectivity index (χ4n) is 2.41. The highest BCUT2D eigenvalue weighted by atomic mass is 16.4. The smallest absolute Gasteiger partial charge is 0.324 e. The molecule has 2 unspecified atom stereocenters. The van der Waals surface area contributed by atoms with Crippen LogP contribution in [0.2, 0.25) is 0 Å². The van der Waals surface area contributed by atoms with Crippen LogP contribution in [0.5, 0.6) is 0 Å². The second-order valence-electron chi connectivity index (χ2n) is 5.72. The first-order chi connectivity index (χ1) is 6.65. The van der Waals surface area contributed by atoms with E-state index in [4.69, 9.17) is 10.8 Å². The molecule has 88 valence electrons. The van der Waals surface area contributed by atoms with Gasteiger partial charge in [-0.15, -0.1) is 0 Å². The largest absolute Gasteiger partial charge is 0.480 e. The molecule has 0 radical (unpaired) electrons. The standard InChI is InChI=1S/C11H22N2O2/c1-8-5-10(2,3)13(6-8)7-11(4,12)9(14)15/h8H,5-7,12H2,1-4H3,(H,14,15). The van der Waals surface area contributed by atoms with Crippen molar-refractivity contribution in [1.29, 1.82) is 0 Å². The molecule has 0 aromatic heterocycles. The van der Waals surface area contributed by atoms with Gasteiger partial charge in [0.2, 0.25) is 0 Å². The number of rotatable bonds is 3. The van der Waals surface area contributed by atoms with Crippen molar-refractivity contribution in [3.8, 4) is 0 Å². The van der Waals surface area contributed by atoms with E-state index in [1.807, 2.05) is 0 Å². The van der Waals surface area contributed by atoms with Crippen molar-refractivity contribution in [2.75, 3.05) is 13.1 Å². The van der Waals surface area contributed by atoms with E-state index < -0.39 is 11.5 Å². The van der Waals surface area contributed by atoms with Gasteiger partial charge in [-0.25, -0.2) is 0 Å². The molecule has 3 N–H and O–H groups in total. The molecule has 4 nitrogen and oxygen atoms in total. The van der Waals surface area contributed by atoms with Crippen LogP contribution in [0.3, 0.4) is 0 Å². The Labute approximate surface area is 91.4 Å². The van der Waals surface area contributed by atoms with Gasteiger partial charge in [0.25, 0.3) is 0 Å². The van der Waals surface area contributed by atoms with Crippen LogP contribution in [0, 0.1) is 5.92 Å². The second-order valence-corrected chi connectivity index (χ2v) is 5.72. The lowest BCUT2D eigenvalue weighted by molar-refractivity contribution is -0.143. The molecule has 4 heteroatoms. The topological polar surface area (TPSA) is 66.6 Å². The average molecular weight is 214 g/mol. The molecule has 2 atom stereocenters. The van der Waals surface area contributed by atoms with Crippen molar-refractivity contribution in [3.63, 3.8) is 0 Å². The molecular formula is C11H22N2O2. The molecule has 15 heavy (non-hydrogen) atoms. The number of aliphatic carboxylic acids is 1. The van der Waals surface area contributed by atoms with Crippen molar-refractivity contribution < 1.29 is 9.90 Å². The number of nitrogens with zero attached hydrogens (tertiary/aromatic N) is 1. The molecule has 1 saturated heterocycles. The Morgan fingerprint density at radius 1 is 1.67 bits per heavy atom. The molecule has 0 aromatic carbocycles. The zero-order valence-corrected chi connectivity index (χ0v) is 10.1. The fourth-order valence-corrected chi connectivity index (χ4v) is 2.41. The summed E-state index contributed by atoms with van der Waals surface area (Å²) in [6.07, 6.45) is 1.10. The van der Waals surface area contributed by atoms with Crippen LogP contribution in [0.25, 0.3) is 0 Å². The monoisotopic (exact) mass is 214 g/mol. The minimum absolute atomic E-state index is 0.0650. The third-order valence-corrected chi connectivity index (χ3v) is 3.24. The summed E-state index contributed by atoms with van der Waals surface area (Å²) in [6.45, 7) is 9.42. The number of carbonyl (C=O) groups is 1. The number of hydrogen-bond donors (Lipinski definition) is 2. The lowest BCUT2D eigenvalue weighted by atomic mass is 9.96. The SMILES string of the molecule is CC1CN(CC(C)(N)C(=O)O)C(C)(C)C1. The fraction of sp³-hybridized carbons (Fsp3) is 0.909. The predicted octanol–water partition coefficient (Wildman–Crippen LogP) is 0.909. The summed E-state index contributed by atoms with van der Waals surface area (Å²) >= 11 is 0. The maximum Gasteiger partial charge on any atom is 0.324 e. The maximum atomic E-state index is 10.9. The van der Waals surface area contributed by atoms with Gasteiger partial charge in [0.1, 0.15) is 5.54 Å². The summed E-state index contributed by atoms with van der Waals surface area (Å²) in [5.41, 5.74) is 4.68. The van der Waals surface area contributed by atoms with E-state index in [1.165, 1.54) is 0 Å². The zero-order chi connectivity index (χ0) is 11.9. The van der Waals surface area contributed by atoms with Crippen LogP contribution in [0.1, 0.15) is 34.1 Å². The molecule has 1 fully saturated rings. The van der Waals surface area contributed by atoms with Gasteiger partial charge in [0.15, 0.2) is 0 Å². The van der Waals surface area contributed by atoms with Crippen molar-refractivity contribution >= 4 is 5.97 Å². The van der Waals surface area contributed by atoms with Crippen LogP contribution >= 0.6 is 0 Å². The molecule has 0 spiro atoms. The summed E-state index contributed by atoms with van der Waals surface area (Å²) in [7, 11) is 0. The lowest BCUT2D eigenvalue weighted by Gasteiger charge is -2.35. The molecule has 1 rings (SSSR count). The summed E-state index contributed by atoms with van der Waals surface area (Å²) in [4.78, 5) is 13.1. The first-order valence-electron chi connectivity index (χ1n) is 5.42. The minimum atomic E-state index is -1.15. The molecule has 1 heterocycles. The maximum absolute atomic E-state index is 10.9. The zero-order valence-electron chi connectivity index (χ0n) is 10.1. The van der Waals surface area contributed by atoms with E-state index >= 15 is 0 Å². The summed E-state index contributed by atoms with van der Waals surface area (Å²) in [6, 6.07) is 0. The average Bonchev–Trinajstić information content (AvgIpc) is 2.23. The first-order valence-corrected chi connectivity index (χ1v) is 5.42. The Hall–Kier alpha value is -0.610. The molecule has 0 aromatic rings. The normalized spacial score (nSPS) is 30.1. The number of likely N-dealkylation sites (tertiary alicyclic amines) is 1. The van der Waals surface area contributed by atoms with Crippen molar-refractivity contribution in [3.05, 3.63) is 0 Å². The third kappa shape index (κ3) is 2.69.